The van der Waals surface area contributed by atoms with Gasteiger partial charge in [-0.1, -0.05) is 43.0 Å². The molecule has 182 valence electrons. The van der Waals surface area contributed by atoms with Crippen LogP contribution in [0.1, 0.15) is 53.2 Å². The van der Waals surface area contributed by atoms with Crippen molar-refractivity contribution in [2.75, 3.05) is 13.7 Å². The summed E-state index contributed by atoms with van der Waals surface area (Å²) in [5.41, 5.74) is 0.213. The van der Waals surface area contributed by atoms with E-state index in [1.54, 1.807) is 25.3 Å². The number of hydrogen-bond donors (Lipinski definition) is 1. The monoisotopic (exact) mass is 511 g/mol. The molecule has 1 aromatic heterocycles. The Morgan fingerprint density at radius 1 is 1.26 bits per heavy atom. The lowest BCUT2D eigenvalue weighted by molar-refractivity contribution is -0.122. The number of aromatic hydroxyl groups is 1. The lowest BCUT2D eigenvalue weighted by atomic mass is 9.99. The third kappa shape index (κ3) is 5.47. The molecule has 1 aromatic carbocycles. The number of nitrogens with zero attached hydrogens (tertiary/aromatic N) is 3. The average molecular weight is 512 g/mol. The molecule has 0 radical (unpaired) electrons. The van der Waals surface area contributed by atoms with E-state index in [0.717, 1.165) is 10.1 Å². The highest BCUT2D eigenvalue weighted by Gasteiger charge is 2.32. The third-order valence-corrected chi connectivity index (χ3v) is 6.98. The van der Waals surface area contributed by atoms with Crippen molar-refractivity contribution in [3.63, 3.8) is 0 Å². The van der Waals surface area contributed by atoms with Crippen molar-refractivity contribution in [2.24, 2.45) is 0 Å². The number of carbonyl (C=O) groups excluding carboxylic acids is 2. The fourth-order valence-electron chi connectivity index (χ4n) is 3.78. The van der Waals surface area contributed by atoms with E-state index in [4.69, 9.17) is 17.0 Å². The minimum atomic E-state index is -0.609. The fraction of sp³-hybridized carbons (Fsp3) is 0.320. The molecule has 2 heterocycles. The number of carbonyl (C=O) groups is 2. The Kier molecular flexibility index (Phi) is 8.48. The highest BCUT2D eigenvalue weighted by atomic mass is 32.2. The number of aromatic nitrogens is 1. The summed E-state index contributed by atoms with van der Waals surface area (Å²) in [5.74, 6) is -0.342. The van der Waals surface area contributed by atoms with Crippen LogP contribution >= 0.6 is 24.0 Å². The number of Topliss-reactive ketones (excluding diaryl/α,β-unsaturated/α-hetero) is 1. The normalized spacial score (nSPS) is 14.5. The first kappa shape index (κ1) is 26.2. The maximum absolute atomic E-state index is 13.0. The molecule has 0 unspecified atom stereocenters. The minimum absolute atomic E-state index is 0.0121. The van der Waals surface area contributed by atoms with Crippen molar-refractivity contribution in [3.05, 3.63) is 61.8 Å². The number of ketones is 1. The largest absolute Gasteiger partial charge is 0.497 e. The number of thiocarbonyl (C=S) groups is 1. The molecular weight excluding hydrogens is 486 g/mol. The lowest BCUT2D eigenvalue weighted by Crippen LogP contribution is -2.29. The summed E-state index contributed by atoms with van der Waals surface area (Å²) in [4.78, 5) is 40.2. The summed E-state index contributed by atoms with van der Waals surface area (Å²) in [5, 5.41) is 20.0. The van der Waals surface area contributed by atoms with Crippen LogP contribution in [-0.2, 0) is 11.3 Å². The first-order valence-electron chi connectivity index (χ1n) is 11.0. The zero-order valence-corrected chi connectivity index (χ0v) is 21.3. The van der Waals surface area contributed by atoms with E-state index in [2.05, 4.69) is 0 Å². The molecule has 0 atom stereocenters. The van der Waals surface area contributed by atoms with Crippen LogP contribution in [0, 0.1) is 18.3 Å². The second-order valence-corrected chi connectivity index (χ2v) is 9.58. The quantitative estimate of drug-likeness (QED) is 0.305. The van der Waals surface area contributed by atoms with Gasteiger partial charge < -0.3 is 9.84 Å². The number of hydrogen-bond acceptors (Lipinski definition) is 8. The van der Waals surface area contributed by atoms with Gasteiger partial charge in [0.05, 0.1) is 17.6 Å². The van der Waals surface area contributed by atoms with E-state index >= 15 is 0 Å². The molecular formula is C25H25N3O5S2. The molecule has 0 spiro atoms. The van der Waals surface area contributed by atoms with Crippen LogP contribution in [0.5, 0.6) is 11.6 Å². The highest BCUT2D eigenvalue weighted by Crippen LogP contribution is 2.33. The maximum Gasteiger partial charge on any atom is 0.271 e. The number of pyridine rings is 1. The van der Waals surface area contributed by atoms with Gasteiger partial charge in [-0.05, 0) is 49.1 Å². The number of methoxy groups -OCH3 is 1. The molecule has 1 N–H and O–H groups in total. The minimum Gasteiger partial charge on any atom is -0.497 e. The van der Waals surface area contributed by atoms with Crippen LogP contribution in [0.15, 0.2) is 34.0 Å². The van der Waals surface area contributed by atoms with Gasteiger partial charge in [0.25, 0.3) is 11.5 Å². The zero-order valence-electron chi connectivity index (χ0n) is 19.7. The van der Waals surface area contributed by atoms with E-state index in [-0.39, 0.29) is 42.1 Å². The van der Waals surface area contributed by atoms with E-state index in [1.807, 2.05) is 25.1 Å². The molecule has 10 heteroatoms. The maximum atomic E-state index is 13.0. The number of rotatable bonds is 9. The van der Waals surface area contributed by atoms with Crippen LogP contribution in [0.25, 0.3) is 6.08 Å². The average Bonchev–Trinajstić information content (AvgIpc) is 3.10. The fourth-order valence-corrected chi connectivity index (χ4v) is 5.09. The van der Waals surface area contributed by atoms with Crippen LogP contribution < -0.4 is 10.3 Å². The zero-order chi connectivity index (χ0) is 25.7. The van der Waals surface area contributed by atoms with Crippen LogP contribution in [0.2, 0.25) is 0 Å². The van der Waals surface area contributed by atoms with Crippen molar-refractivity contribution >= 4 is 46.1 Å². The smallest absolute Gasteiger partial charge is 0.271 e. The van der Waals surface area contributed by atoms with Crippen molar-refractivity contribution < 1.29 is 19.4 Å². The van der Waals surface area contributed by atoms with E-state index in [9.17, 15) is 24.8 Å². The lowest BCUT2D eigenvalue weighted by Gasteiger charge is -2.16. The van der Waals surface area contributed by atoms with Gasteiger partial charge in [-0.2, -0.15) is 5.26 Å². The van der Waals surface area contributed by atoms with Crippen molar-refractivity contribution in [3.8, 4) is 17.7 Å². The second-order valence-electron chi connectivity index (χ2n) is 7.90. The molecule has 1 fully saturated rings. The molecule has 35 heavy (non-hydrogen) atoms. The van der Waals surface area contributed by atoms with Crippen molar-refractivity contribution in [1.29, 1.82) is 5.26 Å². The number of thioether (sulfide) groups is 1. The second kappa shape index (κ2) is 11.3. The molecule has 8 nitrogen and oxygen atoms in total. The molecule has 0 aliphatic carbocycles. The summed E-state index contributed by atoms with van der Waals surface area (Å²) in [6.45, 7) is 3.73. The van der Waals surface area contributed by atoms with Gasteiger partial charge in [-0.3, -0.25) is 23.9 Å². The summed E-state index contributed by atoms with van der Waals surface area (Å²) in [6.07, 6.45) is 2.62. The molecule has 1 aliphatic rings. The molecule has 1 amide bonds. The topological polar surface area (TPSA) is 113 Å². The van der Waals surface area contributed by atoms with E-state index < -0.39 is 17.2 Å². The SMILES string of the molecule is CCCn1c(O)c(C(=O)CCCN2C(=O)/C(=C/c3ccc(OC)cc3)SC2=S)c(C)c(C#N)c1=O. The Morgan fingerprint density at radius 3 is 2.54 bits per heavy atom. The van der Waals surface area contributed by atoms with Crippen LogP contribution in [0.4, 0.5) is 0 Å². The van der Waals surface area contributed by atoms with Gasteiger partial charge >= 0.3 is 0 Å². The van der Waals surface area contributed by atoms with Gasteiger partial charge in [0.15, 0.2) is 5.78 Å². The number of benzene rings is 1. The predicted molar refractivity (Wildman–Crippen MR) is 139 cm³/mol. The molecule has 0 saturated carbocycles. The van der Waals surface area contributed by atoms with E-state index in [0.29, 0.717) is 27.8 Å². The Hall–Kier alpha value is -3.42. The molecule has 0 bridgehead atoms. The Bertz CT molecular complexity index is 1310. The van der Waals surface area contributed by atoms with E-state index in [1.165, 1.54) is 23.6 Å². The Labute approximate surface area is 212 Å². The van der Waals surface area contributed by atoms with Gasteiger partial charge in [0, 0.05) is 19.5 Å². The van der Waals surface area contributed by atoms with Crippen molar-refractivity contribution in [1.82, 2.24) is 9.47 Å². The number of amides is 1. The Balaban J connectivity index is 1.72. The van der Waals surface area contributed by atoms with Crippen LogP contribution in [0.3, 0.4) is 0 Å². The molecule has 3 rings (SSSR count). The highest BCUT2D eigenvalue weighted by molar-refractivity contribution is 8.26. The summed E-state index contributed by atoms with van der Waals surface area (Å²) in [7, 11) is 1.58. The first-order chi connectivity index (χ1) is 16.7. The summed E-state index contributed by atoms with van der Waals surface area (Å²) in [6, 6.07) is 9.13. The van der Waals surface area contributed by atoms with Crippen LogP contribution in [-0.4, -0.2) is 44.2 Å². The van der Waals surface area contributed by atoms with Crippen molar-refractivity contribution in [2.45, 2.75) is 39.7 Å². The van der Waals surface area contributed by atoms with Gasteiger partial charge in [0.2, 0.25) is 5.88 Å². The summed E-state index contributed by atoms with van der Waals surface area (Å²) < 4.78 is 6.61. The summed E-state index contributed by atoms with van der Waals surface area (Å²) >= 11 is 6.57. The Morgan fingerprint density at radius 2 is 1.94 bits per heavy atom. The first-order valence-corrected chi connectivity index (χ1v) is 12.2. The third-order valence-electron chi connectivity index (χ3n) is 5.60. The van der Waals surface area contributed by atoms with Gasteiger partial charge in [-0.25, -0.2) is 0 Å². The molecule has 1 aliphatic heterocycles. The molecule has 1 saturated heterocycles. The predicted octanol–water partition coefficient (Wildman–Crippen LogP) is 4.02. The van der Waals surface area contributed by atoms with Gasteiger partial charge in [0.1, 0.15) is 21.7 Å². The molecule has 2 aromatic rings. The number of nitriles is 1. The standard InChI is InChI=1S/C25H25N3O5S2/c1-4-11-27-22(30)18(14-26)15(2)21(24(27)32)19(29)6-5-12-28-23(31)20(35-25(28)34)13-16-7-9-17(33-3)10-8-16/h7-10,13,32H,4-6,11-12H2,1-3H3/b20-13-. The van der Waals surface area contributed by atoms with Gasteiger partial charge in [-0.15, -0.1) is 0 Å². The number of ether oxygens (including phenoxy) is 1.